The molecular weight excluding hydrogens is 188 g/mol. The average Bonchev–Trinajstić information content (AvgIpc) is 2.01. The van der Waals surface area contributed by atoms with Gasteiger partial charge < -0.3 is 0 Å². The van der Waals surface area contributed by atoms with Gasteiger partial charge in [-0.2, -0.15) is 0 Å². The molecule has 0 heterocycles. The first-order valence-electron chi connectivity index (χ1n) is 3.73. The maximum atomic E-state index is 11.0. The normalized spacial score (nSPS) is 11.3. The number of aryl methyl sites for hydroxylation is 1. The monoisotopic (exact) mass is 200 g/mol. The molecule has 1 aromatic rings. The Balaban J connectivity index is 3.10. The first kappa shape index (κ1) is 10.0. The molecule has 0 aliphatic heterocycles. The Morgan fingerprint density at radius 1 is 1.38 bits per heavy atom. The third kappa shape index (κ3) is 2.43. The first-order valence-corrected chi connectivity index (χ1v) is 5.58. The summed E-state index contributed by atoms with van der Waals surface area (Å²) in [4.78, 5) is 0. The molecule has 0 saturated carbocycles. The lowest BCUT2D eigenvalue weighted by Crippen LogP contribution is -2.36. The molecule has 0 atom stereocenters. The third-order valence-electron chi connectivity index (χ3n) is 1.61. The van der Waals surface area contributed by atoms with Crippen LogP contribution >= 0.6 is 0 Å². The van der Waals surface area contributed by atoms with E-state index in [1.165, 1.54) is 0 Å². The third-order valence-corrected chi connectivity index (χ3v) is 2.54. The summed E-state index contributed by atoms with van der Waals surface area (Å²) in [5.74, 6) is 5.39. The van der Waals surface area contributed by atoms with Gasteiger partial charge >= 0.3 is 0 Å². The van der Waals surface area contributed by atoms with Gasteiger partial charge in [-0.1, -0.05) is 12.1 Å². The van der Waals surface area contributed by atoms with Crippen LogP contribution in [-0.4, -0.2) is 14.7 Å². The van der Waals surface area contributed by atoms with Crippen molar-refractivity contribution in [2.75, 3.05) is 10.7 Å². The lowest BCUT2D eigenvalue weighted by Gasteiger charge is -2.15. The van der Waals surface area contributed by atoms with Crippen molar-refractivity contribution in [3.63, 3.8) is 0 Å². The Bertz CT molecular complexity index is 400. The van der Waals surface area contributed by atoms with Gasteiger partial charge in [0.15, 0.2) is 0 Å². The van der Waals surface area contributed by atoms with Gasteiger partial charge in [0.25, 0.3) is 0 Å². The van der Waals surface area contributed by atoms with E-state index in [0.29, 0.717) is 5.69 Å². The van der Waals surface area contributed by atoms with Crippen LogP contribution in [0.1, 0.15) is 5.56 Å². The number of rotatable bonds is 2. The molecule has 72 valence electrons. The predicted molar refractivity (Wildman–Crippen MR) is 52.7 cm³/mol. The summed E-state index contributed by atoms with van der Waals surface area (Å²) in [5.41, 5.74) is 1.44. The van der Waals surface area contributed by atoms with E-state index in [9.17, 15) is 8.42 Å². The maximum absolute atomic E-state index is 11.0. The molecule has 0 saturated heterocycles. The summed E-state index contributed by atoms with van der Waals surface area (Å²) >= 11 is 0. The van der Waals surface area contributed by atoms with Crippen LogP contribution in [0.15, 0.2) is 24.3 Å². The van der Waals surface area contributed by atoms with Crippen molar-refractivity contribution in [3.8, 4) is 0 Å². The fourth-order valence-corrected chi connectivity index (χ4v) is 1.45. The minimum absolute atomic E-state index is 0.475. The number of hydrogen-bond acceptors (Lipinski definition) is 3. The number of hydrazine groups is 1. The van der Waals surface area contributed by atoms with Crippen LogP contribution in [0, 0.1) is 6.92 Å². The van der Waals surface area contributed by atoms with Crippen molar-refractivity contribution >= 4 is 15.7 Å². The summed E-state index contributed by atoms with van der Waals surface area (Å²) in [6.07, 6.45) is 1.06. The molecule has 0 fully saturated rings. The Kier molecular flexibility index (Phi) is 2.58. The number of hydrogen-bond donors (Lipinski definition) is 1. The Labute approximate surface area is 78.0 Å². The van der Waals surface area contributed by atoms with Crippen molar-refractivity contribution in [1.29, 1.82) is 0 Å². The number of anilines is 1. The van der Waals surface area contributed by atoms with Crippen LogP contribution in [0.3, 0.4) is 0 Å². The summed E-state index contributed by atoms with van der Waals surface area (Å²) < 4.78 is 22.9. The second-order valence-electron chi connectivity index (χ2n) is 2.90. The molecule has 13 heavy (non-hydrogen) atoms. The summed E-state index contributed by atoms with van der Waals surface area (Å²) in [7, 11) is -3.36. The van der Waals surface area contributed by atoms with Crippen molar-refractivity contribution in [3.05, 3.63) is 29.8 Å². The van der Waals surface area contributed by atoms with Gasteiger partial charge in [0.2, 0.25) is 10.0 Å². The van der Waals surface area contributed by atoms with E-state index >= 15 is 0 Å². The maximum Gasteiger partial charge on any atom is 0.245 e. The zero-order chi connectivity index (χ0) is 10.1. The molecular formula is C8H12N2O2S. The molecule has 1 aromatic carbocycles. The van der Waals surface area contributed by atoms with Gasteiger partial charge in [-0.15, -0.1) is 0 Å². The molecule has 0 bridgehead atoms. The Hall–Kier alpha value is -1.07. The molecule has 0 aliphatic carbocycles. The molecule has 0 amide bonds. The zero-order valence-electron chi connectivity index (χ0n) is 7.56. The van der Waals surface area contributed by atoms with Crippen LogP contribution in [0.5, 0.6) is 0 Å². The topological polar surface area (TPSA) is 63.4 Å². The lowest BCUT2D eigenvalue weighted by atomic mass is 10.2. The zero-order valence-corrected chi connectivity index (χ0v) is 8.38. The van der Waals surface area contributed by atoms with E-state index in [-0.39, 0.29) is 0 Å². The summed E-state index contributed by atoms with van der Waals surface area (Å²) in [6, 6.07) is 6.99. The lowest BCUT2D eigenvalue weighted by molar-refractivity contribution is 0.598. The molecule has 4 nitrogen and oxygen atoms in total. The smallest absolute Gasteiger partial charge is 0.233 e. The molecule has 0 aromatic heterocycles. The largest absolute Gasteiger partial charge is 0.245 e. The average molecular weight is 200 g/mol. The van der Waals surface area contributed by atoms with E-state index in [1.54, 1.807) is 18.2 Å². The van der Waals surface area contributed by atoms with Gasteiger partial charge in [-0.05, 0) is 24.6 Å². The van der Waals surface area contributed by atoms with E-state index in [4.69, 9.17) is 5.84 Å². The number of nitrogens with two attached hydrogens (primary N) is 1. The SMILES string of the molecule is Cc1cccc(N(N)S(C)(=O)=O)c1. The highest BCUT2D eigenvalue weighted by Gasteiger charge is 2.11. The van der Waals surface area contributed by atoms with Gasteiger partial charge in [0, 0.05) is 0 Å². The molecule has 0 unspecified atom stereocenters. The fourth-order valence-electron chi connectivity index (χ4n) is 0.957. The van der Waals surface area contributed by atoms with E-state index in [1.807, 2.05) is 13.0 Å². The van der Waals surface area contributed by atoms with Gasteiger partial charge in [-0.25, -0.2) is 18.7 Å². The van der Waals surface area contributed by atoms with Crippen molar-refractivity contribution in [1.82, 2.24) is 0 Å². The quantitative estimate of drug-likeness (QED) is 0.562. The van der Waals surface area contributed by atoms with E-state index in [2.05, 4.69) is 0 Å². The summed E-state index contributed by atoms with van der Waals surface area (Å²) in [6.45, 7) is 1.87. The minimum atomic E-state index is -3.36. The Morgan fingerprint density at radius 2 is 2.00 bits per heavy atom. The molecule has 0 radical (unpaired) electrons. The number of sulfonamides is 1. The summed E-state index contributed by atoms with van der Waals surface area (Å²) in [5, 5.41) is 0. The van der Waals surface area contributed by atoms with E-state index in [0.717, 1.165) is 16.2 Å². The molecule has 2 N–H and O–H groups in total. The van der Waals surface area contributed by atoms with Crippen LogP contribution in [0.4, 0.5) is 5.69 Å². The highest BCUT2D eigenvalue weighted by atomic mass is 32.2. The first-order chi connectivity index (χ1) is 5.91. The standard InChI is InChI=1S/C8H12N2O2S/c1-7-4-3-5-8(6-7)10(9)13(2,11)12/h3-6H,9H2,1-2H3. The van der Waals surface area contributed by atoms with Crippen LogP contribution < -0.4 is 10.3 Å². The van der Waals surface area contributed by atoms with Crippen LogP contribution in [-0.2, 0) is 10.0 Å². The van der Waals surface area contributed by atoms with Crippen molar-refractivity contribution < 1.29 is 8.42 Å². The molecule has 0 spiro atoms. The highest BCUT2D eigenvalue weighted by Crippen LogP contribution is 2.14. The predicted octanol–water partition coefficient (Wildman–Crippen LogP) is 0.635. The minimum Gasteiger partial charge on any atom is -0.233 e. The second kappa shape index (κ2) is 3.35. The van der Waals surface area contributed by atoms with Crippen molar-refractivity contribution in [2.24, 2.45) is 5.84 Å². The molecule has 5 heteroatoms. The van der Waals surface area contributed by atoms with Gasteiger partial charge in [0.1, 0.15) is 0 Å². The number of nitrogens with zero attached hydrogens (tertiary/aromatic N) is 1. The second-order valence-corrected chi connectivity index (χ2v) is 4.76. The molecule has 0 aliphatic rings. The van der Waals surface area contributed by atoms with Gasteiger partial charge in [0.05, 0.1) is 11.9 Å². The fraction of sp³-hybridized carbons (Fsp3) is 0.250. The highest BCUT2D eigenvalue weighted by molar-refractivity contribution is 7.92. The Morgan fingerprint density at radius 3 is 2.46 bits per heavy atom. The van der Waals surface area contributed by atoms with Crippen LogP contribution in [0.2, 0.25) is 0 Å². The van der Waals surface area contributed by atoms with Gasteiger partial charge in [-0.3, -0.25) is 0 Å². The van der Waals surface area contributed by atoms with Crippen molar-refractivity contribution in [2.45, 2.75) is 6.92 Å². The number of benzene rings is 1. The van der Waals surface area contributed by atoms with Crippen LogP contribution in [0.25, 0.3) is 0 Å². The van der Waals surface area contributed by atoms with E-state index < -0.39 is 10.0 Å². The molecule has 1 rings (SSSR count).